The van der Waals surface area contributed by atoms with Gasteiger partial charge >= 0.3 is 0 Å². The molecule has 0 aliphatic carbocycles. The van der Waals surface area contributed by atoms with Crippen molar-refractivity contribution in [2.45, 2.75) is 19.3 Å². The van der Waals surface area contributed by atoms with E-state index >= 15 is 0 Å². The zero-order valence-electron chi connectivity index (χ0n) is 12.4. The van der Waals surface area contributed by atoms with Crippen LogP contribution < -0.4 is 4.74 Å². The van der Waals surface area contributed by atoms with Crippen molar-refractivity contribution < 1.29 is 4.74 Å². The van der Waals surface area contributed by atoms with Gasteiger partial charge in [0.2, 0.25) is 0 Å². The van der Waals surface area contributed by atoms with Crippen molar-refractivity contribution in [1.29, 1.82) is 0 Å². The molecule has 4 rings (SSSR count). The maximum atomic E-state index is 6.05. The minimum Gasteiger partial charge on any atom is -0.489 e. The number of aromatic nitrogens is 2. The molecule has 3 aromatic rings. The largest absolute Gasteiger partial charge is 0.489 e. The smallest absolute Gasteiger partial charge is 0.168 e. The SMILES string of the molecule is c1ccc(-c2c3c(nn2-c2ccccc2)CCCCO3)cc1. The molecule has 22 heavy (non-hydrogen) atoms. The monoisotopic (exact) mass is 290 g/mol. The van der Waals surface area contributed by atoms with Crippen molar-refractivity contribution in [3.63, 3.8) is 0 Å². The summed E-state index contributed by atoms with van der Waals surface area (Å²) in [4.78, 5) is 0. The summed E-state index contributed by atoms with van der Waals surface area (Å²) in [5.41, 5.74) is 4.34. The van der Waals surface area contributed by atoms with Gasteiger partial charge in [0.1, 0.15) is 11.4 Å². The van der Waals surface area contributed by atoms with Crippen molar-refractivity contribution in [3.05, 3.63) is 66.4 Å². The van der Waals surface area contributed by atoms with Crippen LogP contribution in [0.2, 0.25) is 0 Å². The molecule has 110 valence electrons. The molecule has 0 N–H and O–H groups in total. The number of benzene rings is 2. The highest BCUT2D eigenvalue weighted by Crippen LogP contribution is 2.37. The van der Waals surface area contributed by atoms with Gasteiger partial charge in [-0.25, -0.2) is 4.68 Å². The lowest BCUT2D eigenvalue weighted by molar-refractivity contribution is 0.318. The second-order valence-electron chi connectivity index (χ2n) is 5.54. The average molecular weight is 290 g/mol. The van der Waals surface area contributed by atoms with E-state index in [4.69, 9.17) is 9.84 Å². The Hall–Kier alpha value is -2.55. The minimum absolute atomic E-state index is 0.771. The van der Waals surface area contributed by atoms with Crippen LogP contribution in [0.3, 0.4) is 0 Å². The third kappa shape index (κ3) is 2.29. The number of ether oxygens (including phenoxy) is 1. The Morgan fingerprint density at radius 3 is 2.36 bits per heavy atom. The maximum Gasteiger partial charge on any atom is 0.168 e. The summed E-state index contributed by atoms with van der Waals surface area (Å²) in [6, 6.07) is 20.6. The molecule has 0 amide bonds. The second-order valence-corrected chi connectivity index (χ2v) is 5.54. The van der Waals surface area contributed by atoms with Gasteiger partial charge in [-0.2, -0.15) is 5.10 Å². The van der Waals surface area contributed by atoms with Gasteiger partial charge in [-0.3, -0.25) is 0 Å². The fraction of sp³-hybridized carbons (Fsp3) is 0.211. The summed E-state index contributed by atoms with van der Waals surface area (Å²) in [7, 11) is 0. The van der Waals surface area contributed by atoms with Crippen LogP contribution in [0, 0.1) is 0 Å². The number of rotatable bonds is 2. The lowest BCUT2D eigenvalue weighted by Crippen LogP contribution is -2.01. The van der Waals surface area contributed by atoms with E-state index < -0.39 is 0 Å². The first kappa shape index (κ1) is 13.1. The number of hydrogen-bond donors (Lipinski definition) is 0. The molecular formula is C19H18N2O. The number of fused-ring (bicyclic) bond motifs is 1. The van der Waals surface area contributed by atoms with Crippen LogP contribution in [0.4, 0.5) is 0 Å². The predicted octanol–water partition coefficient (Wildman–Crippen LogP) is 4.25. The molecule has 0 saturated carbocycles. The molecule has 1 aromatic heterocycles. The maximum absolute atomic E-state index is 6.05. The van der Waals surface area contributed by atoms with Crippen molar-refractivity contribution in [3.8, 4) is 22.7 Å². The van der Waals surface area contributed by atoms with E-state index in [1.165, 1.54) is 0 Å². The second kappa shape index (κ2) is 5.68. The van der Waals surface area contributed by atoms with E-state index in [1.807, 2.05) is 28.9 Å². The van der Waals surface area contributed by atoms with Crippen molar-refractivity contribution in [2.75, 3.05) is 6.61 Å². The third-order valence-corrected chi connectivity index (χ3v) is 4.01. The Kier molecular flexibility index (Phi) is 3.39. The van der Waals surface area contributed by atoms with Gasteiger partial charge in [-0.15, -0.1) is 0 Å². The minimum atomic E-state index is 0.771. The molecule has 0 bridgehead atoms. The first-order valence-electron chi connectivity index (χ1n) is 7.79. The summed E-state index contributed by atoms with van der Waals surface area (Å²) in [6.07, 6.45) is 3.21. The Balaban J connectivity index is 1.95. The van der Waals surface area contributed by atoms with Crippen LogP contribution in [0.15, 0.2) is 60.7 Å². The van der Waals surface area contributed by atoms with Crippen LogP contribution >= 0.6 is 0 Å². The summed E-state index contributed by atoms with van der Waals surface area (Å²) >= 11 is 0. The molecule has 0 spiro atoms. The van der Waals surface area contributed by atoms with E-state index in [0.29, 0.717) is 0 Å². The predicted molar refractivity (Wildman–Crippen MR) is 87.4 cm³/mol. The van der Waals surface area contributed by atoms with E-state index in [9.17, 15) is 0 Å². The fourth-order valence-electron chi connectivity index (χ4n) is 2.94. The molecule has 0 unspecified atom stereocenters. The molecule has 0 fully saturated rings. The normalized spacial score (nSPS) is 14.0. The molecule has 1 aliphatic heterocycles. The lowest BCUT2D eigenvalue weighted by atomic mass is 10.1. The third-order valence-electron chi connectivity index (χ3n) is 4.01. The molecule has 0 saturated heterocycles. The number of nitrogens with zero attached hydrogens (tertiary/aromatic N) is 2. The average Bonchev–Trinajstić information content (AvgIpc) is 2.79. The van der Waals surface area contributed by atoms with E-state index in [2.05, 4.69) is 36.4 Å². The molecule has 3 nitrogen and oxygen atoms in total. The summed E-state index contributed by atoms with van der Waals surface area (Å²) in [5, 5.41) is 4.85. The van der Waals surface area contributed by atoms with Gasteiger partial charge in [0, 0.05) is 5.56 Å². The Morgan fingerprint density at radius 1 is 0.864 bits per heavy atom. The lowest BCUT2D eigenvalue weighted by Gasteiger charge is -2.10. The molecule has 2 aromatic carbocycles. The fourth-order valence-corrected chi connectivity index (χ4v) is 2.94. The van der Waals surface area contributed by atoms with E-state index in [-0.39, 0.29) is 0 Å². The Bertz CT molecular complexity index is 763. The standard InChI is InChI=1S/C19H18N2O/c1-3-9-15(10-4-1)18-19-17(13-7-8-14-22-19)20-21(18)16-11-5-2-6-12-16/h1-6,9-12H,7-8,13-14H2. The number of hydrogen-bond acceptors (Lipinski definition) is 2. The molecule has 1 aliphatic rings. The van der Waals surface area contributed by atoms with Crippen LogP contribution in [0.5, 0.6) is 5.75 Å². The first-order chi connectivity index (χ1) is 10.9. The van der Waals surface area contributed by atoms with Crippen molar-refractivity contribution in [1.82, 2.24) is 9.78 Å². The van der Waals surface area contributed by atoms with Crippen LogP contribution in [0.1, 0.15) is 18.5 Å². The van der Waals surface area contributed by atoms with Gasteiger partial charge in [-0.1, -0.05) is 48.5 Å². The highest BCUT2D eigenvalue weighted by atomic mass is 16.5. The van der Waals surface area contributed by atoms with Gasteiger partial charge in [0.05, 0.1) is 12.3 Å². The van der Waals surface area contributed by atoms with Gasteiger partial charge in [0.15, 0.2) is 5.75 Å². The molecule has 0 radical (unpaired) electrons. The topological polar surface area (TPSA) is 27.1 Å². The highest BCUT2D eigenvalue weighted by Gasteiger charge is 2.23. The van der Waals surface area contributed by atoms with E-state index in [0.717, 1.165) is 54.3 Å². The quantitative estimate of drug-likeness (QED) is 0.705. The van der Waals surface area contributed by atoms with E-state index in [1.54, 1.807) is 0 Å². The number of para-hydroxylation sites is 1. The van der Waals surface area contributed by atoms with Crippen LogP contribution in [-0.4, -0.2) is 16.4 Å². The zero-order valence-corrected chi connectivity index (χ0v) is 12.4. The summed E-state index contributed by atoms with van der Waals surface area (Å²) in [5.74, 6) is 0.951. The van der Waals surface area contributed by atoms with Crippen LogP contribution in [-0.2, 0) is 6.42 Å². The van der Waals surface area contributed by atoms with Gasteiger partial charge in [-0.05, 0) is 31.4 Å². The first-order valence-corrected chi connectivity index (χ1v) is 7.79. The van der Waals surface area contributed by atoms with Gasteiger partial charge < -0.3 is 4.74 Å². The summed E-state index contributed by atoms with van der Waals surface area (Å²) < 4.78 is 8.07. The Morgan fingerprint density at radius 2 is 1.59 bits per heavy atom. The van der Waals surface area contributed by atoms with Crippen molar-refractivity contribution in [2.24, 2.45) is 0 Å². The number of aryl methyl sites for hydroxylation is 1. The molecule has 3 heteroatoms. The molecule has 0 atom stereocenters. The molecule has 2 heterocycles. The van der Waals surface area contributed by atoms with Gasteiger partial charge in [0.25, 0.3) is 0 Å². The zero-order chi connectivity index (χ0) is 14.8. The van der Waals surface area contributed by atoms with Crippen LogP contribution in [0.25, 0.3) is 16.9 Å². The highest BCUT2D eigenvalue weighted by molar-refractivity contribution is 5.70. The molecular weight excluding hydrogens is 272 g/mol. The Labute approximate surface area is 130 Å². The van der Waals surface area contributed by atoms with Crippen molar-refractivity contribution >= 4 is 0 Å². The summed E-state index contributed by atoms with van der Waals surface area (Å²) in [6.45, 7) is 0.771.